The van der Waals surface area contributed by atoms with Crippen molar-refractivity contribution in [1.29, 1.82) is 0 Å². The normalized spacial score (nSPS) is 26.9. The molecule has 0 saturated carbocycles. The highest BCUT2D eigenvalue weighted by atomic mass is 16.4. The second-order valence-corrected chi connectivity index (χ2v) is 4.17. The Morgan fingerprint density at radius 2 is 2.31 bits per heavy atom. The molecule has 2 atom stereocenters. The van der Waals surface area contributed by atoms with Crippen LogP contribution in [0.5, 0.6) is 0 Å². The predicted molar refractivity (Wildman–Crippen MR) is 60.0 cm³/mol. The first-order chi connectivity index (χ1) is 7.47. The fourth-order valence-corrected chi connectivity index (χ4v) is 2.12. The molecule has 1 aliphatic heterocycles. The average Bonchev–Trinajstić information content (AvgIpc) is 2.19. The molecule has 1 amide bonds. The summed E-state index contributed by atoms with van der Waals surface area (Å²) in [6.07, 6.45) is 1.55. The smallest absolute Gasteiger partial charge is 0.305 e. The van der Waals surface area contributed by atoms with Gasteiger partial charge in [0.15, 0.2) is 0 Å². The lowest BCUT2D eigenvalue weighted by molar-refractivity contribution is -0.150. The summed E-state index contributed by atoms with van der Waals surface area (Å²) in [6.45, 7) is 6.79. The minimum atomic E-state index is -0.949. The van der Waals surface area contributed by atoms with Gasteiger partial charge in [0.25, 0.3) is 0 Å². The van der Waals surface area contributed by atoms with Gasteiger partial charge < -0.3 is 10.0 Å². The largest absolute Gasteiger partial charge is 0.481 e. The Balaban J connectivity index is 2.87. The Kier molecular flexibility index (Phi) is 4.06. The van der Waals surface area contributed by atoms with E-state index >= 15 is 0 Å². The Bertz CT molecular complexity index is 304. The maximum absolute atomic E-state index is 11.9. The SMILES string of the molecule is C=CCN1C(C)CN(C)C(=O)C1CC(=O)O. The first-order valence-electron chi connectivity index (χ1n) is 5.30. The lowest BCUT2D eigenvalue weighted by Crippen LogP contribution is -2.60. The van der Waals surface area contributed by atoms with Gasteiger partial charge in [0, 0.05) is 26.2 Å². The predicted octanol–water partition coefficient (Wildman–Crippen LogP) is 0.178. The van der Waals surface area contributed by atoms with Crippen molar-refractivity contribution in [3.63, 3.8) is 0 Å². The molecular formula is C11H18N2O3. The van der Waals surface area contributed by atoms with E-state index < -0.39 is 12.0 Å². The molecule has 0 bridgehead atoms. The molecule has 2 unspecified atom stereocenters. The Morgan fingerprint density at radius 3 is 2.81 bits per heavy atom. The third-order valence-corrected chi connectivity index (χ3v) is 2.87. The highest BCUT2D eigenvalue weighted by Gasteiger charge is 2.37. The van der Waals surface area contributed by atoms with Crippen LogP contribution in [0.3, 0.4) is 0 Å². The van der Waals surface area contributed by atoms with Gasteiger partial charge in [0.2, 0.25) is 5.91 Å². The van der Waals surface area contributed by atoms with Gasteiger partial charge in [-0.3, -0.25) is 14.5 Å². The van der Waals surface area contributed by atoms with Gasteiger partial charge in [-0.15, -0.1) is 6.58 Å². The summed E-state index contributed by atoms with van der Waals surface area (Å²) in [5, 5.41) is 8.82. The Labute approximate surface area is 95.3 Å². The van der Waals surface area contributed by atoms with Gasteiger partial charge in [0.1, 0.15) is 6.04 Å². The van der Waals surface area contributed by atoms with Crippen LogP contribution in [0, 0.1) is 0 Å². The first-order valence-corrected chi connectivity index (χ1v) is 5.30. The summed E-state index contributed by atoms with van der Waals surface area (Å²) in [5.74, 6) is -1.07. The monoisotopic (exact) mass is 226 g/mol. The number of piperazine rings is 1. The van der Waals surface area contributed by atoms with Gasteiger partial charge in [-0.2, -0.15) is 0 Å². The fourth-order valence-electron chi connectivity index (χ4n) is 2.12. The molecule has 0 radical (unpaired) electrons. The minimum Gasteiger partial charge on any atom is -0.481 e. The van der Waals surface area contributed by atoms with Crippen LogP contribution >= 0.6 is 0 Å². The quantitative estimate of drug-likeness (QED) is 0.695. The van der Waals surface area contributed by atoms with Gasteiger partial charge in [-0.25, -0.2) is 0 Å². The molecule has 0 aromatic carbocycles. The van der Waals surface area contributed by atoms with Gasteiger partial charge in [-0.05, 0) is 6.92 Å². The average molecular weight is 226 g/mol. The zero-order chi connectivity index (χ0) is 12.3. The first kappa shape index (κ1) is 12.7. The highest BCUT2D eigenvalue weighted by Crippen LogP contribution is 2.18. The molecular weight excluding hydrogens is 208 g/mol. The number of aliphatic carboxylic acids is 1. The van der Waals surface area contributed by atoms with Gasteiger partial charge >= 0.3 is 5.97 Å². The van der Waals surface area contributed by atoms with Crippen molar-refractivity contribution in [1.82, 2.24) is 9.80 Å². The van der Waals surface area contributed by atoms with E-state index in [0.29, 0.717) is 13.1 Å². The van der Waals surface area contributed by atoms with Crippen molar-refractivity contribution in [3.05, 3.63) is 12.7 Å². The molecule has 1 aliphatic rings. The third-order valence-electron chi connectivity index (χ3n) is 2.87. The number of nitrogens with zero attached hydrogens (tertiary/aromatic N) is 2. The summed E-state index contributed by atoms with van der Waals surface area (Å²) in [5.41, 5.74) is 0. The molecule has 90 valence electrons. The van der Waals surface area contributed by atoms with Crippen molar-refractivity contribution < 1.29 is 14.7 Å². The van der Waals surface area contributed by atoms with E-state index in [1.54, 1.807) is 18.0 Å². The highest BCUT2D eigenvalue weighted by molar-refractivity contribution is 5.86. The van der Waals surface area contributed by atoms with Crippen LogP contribution in [-0.4, -0.2) is 59.0 Å². The zero-order valence-corrected chi connectivity index (χ0v) is 9.72. The van der Waals surface area contributed by atoms with Crippen LogP contribution in [0.15, 0.2) is 12.7 Å². The van der Waals surface area contributed by atoms with E-state index in [2.05, 4.69) is 6.58 Å². The van der Waals surface area contributed by atoms with Crippen LogP contribution < -0.4 is 0 Å². The maximum Gasteiger partial charge on any atom is 0.305 e. The summed E-state index contributed by atoms with van der Waals surface area (Å²) >= 11 is 0. The molecule has 0 spiro atoms. The van der Waals surface area contributed by atoms with E-state index in [1.165, 1.54) is 0 Å². The molecule has 0 aromatic rings. The molecule has 0 aromatic heterocycles. The standard InChI is InChI=1S/C11H18N2O3/c1-4-5-13-8(2)7-12(3)11(16)9(13)6-10(14)15/h4,8-9H,1,5-7H2,2-3H3,(H,14,15). The van der Waals surface area contributed by atoms with E-state index in [0.717, 1.165) is 0 Å². The second kappa shape index (κ2) is 5.12. The van der Waals surface area contributed by atoms with Gasteiger partial charge in [-0.1, -0.05) is 6.08 Å². The molecule has 1 saturated heterocycles. The van der Waals surface area contributed by atoms with Crippen molar-refractivity contribution in [3.8, 4) is 0 Å². The number of hydrogen-bond acceptors (Lipinski definition) is 3. The maximum atomic E-state index is 11.9. The van der Waals surface area contributed by atoms with Crippen LogP contribution in [0.2, 0.25) is 0 Å². The minimum absolute atomic E-state index is 0.123. The third kappa shape index (κ3) is 2.61. The summed E-state index contributed by atoms with van der Waals surface area (Å²) < 4.78 is 0. The lowest BCUT2D eigenvalue weighted by Gasteiger charge is -2.42. The van der Waals surface area contributed by atoms with Crippen LogP contribution in [0.25, 0.3) is 0 Å². The molecule has 0 aliphatic carbocycles. The lowest BCUT2D eigenvalue weighted by atomic mass is 10.0. The summed E-state index contributed by atoms with van der Waals surface area (Å²) in [7, 11) is 1.71. The van der Waals surface area contributed by atoms with Crippen LogP contribution in [0.4, 0.5) is 0 Å². The number of hydrogen-bond donors (Lipinski definition) is 1. The zero-order valence-electron chi connectivity index (χ0n) is 9.72. The molecule has 1 N–H and O–H groups in total. The number of carbonyl (C=O) groups excluding carboxylic acids is 1. The van der Waals surface area contributed by atoms with Crippen molar-refractivity contribution in [2.24, 2.45) is 0 Å². The van der Waals surface area contributed by atoms with E-state index in [-0.39, 0.29) is 18.4 Å². The number of rotatable bonds is 4. The van der Waals surface area contributed by atoms with E-state index in [4.69, 9.17) is 5.11 Å². The van der Waals surface area contributed by atoms with Crippen molar-refractivity contribution in [2.45, 2.75) is 25.4 Å². The van der Waals surface area contributed by atoms with E-state index in [9.17, 15) is 9.59 Å². The number of carbonyl (C=O) groups is 2. The number of carboxylic acid groups (broad SMARTS) is 1. The number of likely N-dealkylation sites (N-methyl/N-ethyl adjacent to an activating group) is 1. The molecule has 5 heteroatoms. The number of carboxylic acids is 1. The molecule has 16 heavy (non-hydrogen) atoms. The topological polar surface area (TPSA) is 60.9 Å². The molecule has 1 rings (SSSR count). The molecule has 1 fully saturated rings. The van der Waals surface area contributed by atoms with Crippen molar-refractivity contribution >= 4 is 11.9 Å². The Morgan fingerprint density at radius 1 is 1.69 bits per heavy atom. The molecule has 5 nitrogen and oxygen atoms in total. The van der Waals surface area contributed by atoms with Crippen LogP contribution in [0.1, 0.15) is 13.3 Å². The second-order valence-electron chi connectivity index (χ2n) is 4.17. The van der Waals surface area contributed by atoms with Crippen molar-refractivity contribution in [2.75, 3.05) is 20.1 Å². The summed E-state index contributed by atoms with van der Waals surface area (Å²) in [6, 6.07) is -0.408. The van der Waals surface area contributed by atoms with E-state index in [1.807, 2.05) is 11.8 Å². The number of amides is 1. The van der Waals surface area contributed by atoms with Crippen LogP contribution in [-0.2, 0) is 9.59 Å². The Hall–Kier alpha value is -1.36. The molecule has 1 heterocycles. The summed E-state index contributed by atoms with van der Waals surface area (Å²) in [4.78, 5) is 26.1. The fraction of sp³-hybridized carbons (Fsp3) is 0.636. The van der Waals surface area contributed by atoms with Gasteiger partial charge in [0.05, 0.1) is 6.42 Å².